The van der Waals surface area contributed by atoms with Gasteiger partial charge in [-0.05, 0) is 36.8 Å². The van der Waals surface area contributed by atoms with Gasteiger partial charge in [-0.3, -0.25) is 0 Å². The van der Waals surface area contributed by atoms with Crippen LogP contribution in [0.2, 0.25) is 0 Å². The predicted molar refractivity (Wildman–Crippen MR) is 90.3 cm³/mol. The minimum atomic E-state index is -0.655. The topological polar surface area (TPSA) is 9.23 Å². The van der Waals surface area contributed by atoms with Gasteiger partial charge in [0.25, 0.3) is 0 Å². The summed E-state index contributed by atoms with van der Waals surface area (Å²) in [4.78, 5) is -0.655. The van der Waals surface area contributed by atoms with Gasteiger partial charge in [0, 0.05) is 20.1 Å². The molecule has 0 saturated heterocycles. The van der Waals surface area contributed by atoms with Crippen molar-refractivity contribution in [1.82, 2.24) is 0 Å². The summed E-state index contributed by atoms with van der Waals surface area (Å²) < 4.78 is 34.8. The number of hydrogen-bond donors (Lipinski definition) is 0. The summed E-state index contributed by atoms with van der Waals surface area (Å²) in [6.07, 6.45) is 0. The largest absolute Gasteiger partial charge is 0.496 e. The SMILES string of the molecule is COc1cc(C)c(Br)cc1C(Br)c1c(F)cc(Br)cc1F. The van der Waals surface area contributed by atoms with Gasteiger partial charge in [0.15, 0.2) is 0 Å². The maximum atomic E-state index is 14.1. The third kappa shape index (κ3) is 3.48. The number of aryl methyl sites for hydroxylation is 1. The molecule has 0 aromatic heterocycles. The van der Waals surface area contributed by atoms with E-state index in [1.807, 2.05) is 13.0 Å². The van der Waals surface area contributed by atoms with E-state index in [9.17, 15) is 8.78 Å². The molecular weight excluding hydrogens is 474 g/mol. The predicted octanol–water partition coefficient (Wildman–Crippen LogP) is 6.29. The Balaban J connectivity index is 2.60. The average Bonchev–Trinajstić information content (AvgIpc) is 2.39. The molecule has 0 spiro atoms. The summed E-state index contributed by atoms with van der Waals surface area (Å²) in [6, 6.07) is 6.10. The molecule has 0 heterocycles. The van der Waals surface area contributed by atoms with E-state index in [4.69, 9.17) is 4.74 Å². The zero-order chi connectivity index (χ0) is 15.7. The Kier molecular flexibility index (Phi) is 5.43. The highest BCUT2D eigenvalue weighted by Gasteiger charge is 2.23. The van der Waals surface area contributed by atoms with Crippen LogP contribution in [0, 0.1) is 18.6 Å². The number of hydrogen-bond acceptors (Lipinski definition) is 1. The first-order chi connectivity index (χ1) is 9.85. The highest BCUT2D eigenvalue weighted by Crippen LogP contribution is 2.41. The molecule has 0 fully saturated rings. The number of ether oxygens (including phenoxy) is 1. The molecule has 1 nitrogen and oxygen atoms in total. The smallest absolute Gasteiger partial charge is 0.131 e. The fourth-order valence-corrected chi connectivity index (χ4v) is 3.55. The summed E-state index contributed by atoms with van der Waals surface area (Å²) in [7, 11) is 1.53. The van der Waals surface area contributed by atoms with Gasteiger partial charge in [-0.15, -0.1) is 0 Å². The Morgan fingerprint density at radius 1 is 1.05 bits per heavy atom. The van der Waals surface area contributed by atoms with Crippen LogP contribution in [0.15, 0.2) is 33.2 Å². The van der Waals surface area contributed by atoms with Crippen LogP contribution < -0.4 is 4.74 Å². The van der Waals surface area contributed by atoms with E-state index in [0.29, 0.717) is 15.8 Å². The summed E-state index contributed by atoms with van der Waals surface area (Å²) in [5.74, 6) is -0.677. The lowest BCUT2D eigenvalue weighted by Gasteiger charge is -2.17. The average molecular weight is 485 g/mol. The van der Waals surface area contributed by atoms with E-state index in [1.165, 1.54) is 19.2 Å². The Hall–Kier alpha value is -0.460. The molecule has 1 atom stereocenters. The van der Waals surface area contributed by atoms with Gasteiger partial charge in [0.05, 0.1) is 11.9 Å². The Morgan fingerprint density at radius 3 is 2.14 bits per heavy atom. The van der Waals surface area contributed by atoms with Gasteiger partial charge in [0.2, 0.25) is 0 Å². The molecule has 0 aliphatic rings. The molecular formula is C15H11Br3F2O. The second-order valence-electron chi connectivity index (χ2n) is 4.49. The number of halogens is 5. The molecule has 0 radical (unpaired) electrons. The zero-order valence-corrected chi connectivity index (χ0v) is 15.9. The van der Waals surface area contributed by atoms with Gasteiger partial charge in [-0.2, -0.15) is 0 Å². The van der Waals surface area contributed by atoms with Crippen molar-refractivity contribution in [1.29, 1.82) is 0 Å². The van der Waals surface area contributed by atoms with Crippen molar-refractivity contribution >= 4 is 47.8 Å². The van der Waals surface area contributed by atoms with Crippen molar-refractivity contribution in [3.8, 4) is 5.75 Å². The Labute approximate surface area is 147 Å². The van der Waals surface area contributed by atoms with E-state index in [0.717, 1.165) is 10.0 Å². The second kappa shape index (κ2) is 6.75. The minimum absolute atomic E-state index is 0.0488. The van der Waals surface area contributed by atoms with E-state index in [2.05, 4.69) is 47.8 Å². The quantitative estimate of drug-likeness (QED) is 0.465. The fourth-order valence-electron chi connectivity index (χ4n) is 2.00. The van der Waals surface area contributed by atoms with Crippen LogP contribution in [0.3, 0.4) is 0 Å². The molecule has 0 saturated carbocycles. The van der Waals surface area contributed by atoms with Gasteiger partial charge < -0.3 is 4.74 Å². The molecule has 0 bridgehead atoms. The molecule has 21 heavy (non-hydrogen) atoms. The number of benzene rings is 2. The lowest BCUT2D eigenvalue weighted by molar-refractivity contribution is 0.409. The van der Waals surface area contributed by atoms with E-state index < -0.39 is 16.5 Å². The van der Waals surface area contributed by atoms with Gasteiger partial charge in [-0.25, -0.2) is 8.78 Å². The zero-order valence-electron chi connectivity index (χ0n) is 11.2. The number of alkyl halides is 1. The molecule has 6 heteroatoms. The van der Waals surface area contributed by atoms with Crippen LogP contribution in [0.4, 0.5) is 8.78 Å². The molecule has 2 aromatic rings. The monoisotopic (exact) mass is 482 g/mol. The van der Waals surface area contributed by atoms with Crippen LogP contribution in [0.25, 0.3) is 0 Å². The number of methoxy groups -OCH3 is 1. The van der Waals surface area contributed by atoms with E-state index in [-0.39, 0.29) is 5.56 Å². The van der Waals surface area contributed by atoms with Crippen molar-refractivity contribution in [3.05, 3.63) is 61.5 Å². The van der Waals surface area contributed by atoms with Crippen molar-refractivity contribution < 1.29 is 13.5 Å². The maximum absolute atomic E-state index is 14.1. The fraction of sp³-hybridized carbons (Fsp3) is 0.200. The second-order valence-corrected chi connectivity index (χ2v) is 7.17. The normalized spacial score (nSPS) is 12.3. The van der Waals surface area contributed by atoms with E-state index in [1.54, 1.807) is 6.07 Å². The molecule has 0 amide bonds. The molecule has 2 rings (SSSR count). The first-order valence-electron chi connectivity index (χ1n) is 5.97. The minimum Gasteiger partial charge on any atom is -0.496 e. The molecule has 112 valence electrons. The van der Waals surface area contributed by atoms with Gasteiger partial charge in [-0.1, -0.05) is 47.8 Å². The molecule has 0 aliphatic heterocycles. The number of rotatable bonds is 3. The summed E-state index contributed by atoms with van der Waals surface area (Å²) in [5, 5.41) is 0. The Morgan fingerprint density at radius 2 is 1.62 bits per heavy atom. The van der Waals surface area contributed by atoms with Crippen LogP contribution >= 0.6 is 47.8 Å². The molecule has 2 aromatic carbocycles. The standard InChI is InChI=1S/C15H11Br3F2O/c1-7-3-13(21-2)9(6-10(7)17)15(18)14-11(19)4-8(16)5-12(14)20/h3-6,15H,1-2H3. The summed E-state index contributed by atoms with van der Waals surface area (Å²) in [6.45, 7) is 1.92. The first kappa shape index (κ1) is 16.9. The third-order valence-electron chi connectivity index (χ3n) is 3.08. The highest BCUT2D eigenvalue weighted by atomic mass is 79.9. The Bertz CT molecular complexity index is 666. The molecule has 0 aliphatic carbocycles. The maximum Gasteiger partial charge on any atom is 0.131 e. The third-order valence-corrected chi connectivity index (χ3v) is 5.34. The van der Waals surface area contributed by atoms with Crippen LogP contribution in [0.1, 0.15) is 21.5 Å². The van der Waals surface area contributed by atoms with Gasteiger partial charge in [0.1, 0.15) is 17.4 Å². The van der Waals surface area contributed by atoms with Gasteiger partial charge >= 0.3 is 0 Å². The molecule has 1 unspecified atom stereocenters. The lowest BCUT2D eigenvalue weighted by atomic mass is 10.0. The van der Waals surface area contributed by atoms with Crippen molar-refractivity contribution in [2.24, 2.45) is 0 Å². The first-order valence-corrected chi connectivity index (χ1v) is 8.47. The van der Waals surface area contributed by atoms with Crippen molar-refractivity contribution in [2.45, 2.75) is 11.8 Å². The van der Waals surface area contributed by atoms with Crippen LogP contribution in [-0.2, 0) is 0 Å². The van der Waals surface area contributed by atoms with E-state index >= 15 is 0 Å². The lowest BCUT2D eigenvalue weighted by Crippen LogP contribution is -2.03. The highest BCUT2D eigenvalue weighted by molar-refractivity contribution is 9.11. The summed E-state index contributed by atoms with van der Waals surface area (Å²) >= 11 is 9.88. The van der Waals surface area contributed by atoms with Crippen molar-refractivity contribution in [2.75, 3.05) is 7.11 Å². The molecule has 0 N–H and O–H groups in total. The summed E-state index contributed by atoms with van der Waals surface area (Å²) in [5.41, 5.74) is 1.58. The van der Waals surface area contributed by atoms with Crippen LogP contribution in [-0.4, -0.2) is 7.11 Å². The van der Waals surface area contributed by atoms with Crippen LogP contribution in [0.5, 0.6) is 5.75 Å². The van der Waals surface area contributed by atoms with Crippen molar-refractivity contribution in [3.63, 3.8) is 0 Å².